The largest absolute Gasteiger partial charge is 0.351 e. The van der Waals surface area contributed by atoms with Crippen LogP contribution in [0.3, 0.4) is 0 Å². The molecule has 0 aliphatic rings. The highest BCUT2D eigenvalue weighted by molar-refractivity contribution is 9.10. The van der Waals surface area contributed by atoms with E-state index in [-0.39, 0.29) is 24.9 Å². The van der Waals surface area contributed by atoms with Crippen molar-refractivity contribution < 1.29 is 4.79 Å². The molecule has 1 aromatic carbocycles. The molecule has 0 aliphatic carbocycles. The summed E-state index contributed by atoms with van der Waals surface area (Å²) >= 11 is 3.33. The number of benzene rings is 1. The molecule has 1 amide bonds. The van der Waals surface area contributed by atoms with Crippen molar-refractivity contribution in [1.82, 2.24) is 5.32 Å². The molecule has 0 atom stereocenters. The predicted molar refractivity (Wildman–Crippen MR) is 62.3 cm³/mol. The molecule has 0 aromatic heterocycles. The zero-order valence-corrected chi connectivity index (χ0v) is 9.90. The Labute approximate surface area is 97.6 Å². The first kappa shape index (κ1) is 13.4. The molecule has 0 radical (unpaired) electrons. The van der Waals surface area contributed by atoms with Crippen LogP contribution in [0.4, 0.5) is 0 Å². The highest BCUT2D eigenvalue weighted by Gasteiger charge is 1.96. The van der Waals surface area contributed by atoms with Gasteiger partial charge in [0, 0.05) is 11.0 Å². The smallest absolute Gasteiger partial charge is 0.234 e. The molecule has 0 heterocycles. The topological polar surface area (TPSA) is 55.1 Å². The van der Waals surface area contributed by atoms with Crippen LogP contribution in [0.25, 0.3) is 0 Å². The van der Waals surface area contributed by atoms with Gasteiger partial charge >= 0.3 is 0 Å². The SMILES string of the molecule is Cl.NCC(=O)NCc1ccc(Br)cc1. The van der Waals surface area contributed by atoms with E-state index in [1.165, 1.54) is 0 Å². The van der Waals surface area contributed by atoms with Crippen LogP contribution < -0.4 is 11.1 Å². The molecule has 0 unspecified atom stereocenters. The molecule has 78 valence electrons. The van der Waals surface area contributed by atoms with E-state index in [0.717, 1.165) is 10.0 Å². The van der Waals surface area contributed by atoms with Crippen LogP contribution in [0.5, 0.6) is 0 Å². The van der Waals surface area contributed by atoms with Gasteiger partial charge in [-0.3, -0.25) is 4.79 Å². The van der Waals surface area contributed by atoms with E-state index in [0.29, 0.717) is 6.54 Å². The Morgan fingerprint density at radius 2 is 1.93 bits per heavy atom. The van der Waals surface area contributed by atoms with Crippen molar-refractivity contribution in [2.24, 2.45) is 5.73 Å². The van der Waals surface area contributed by atoms with Gasteiger partial charge in [-0.1, -0.05) is 28.1 Å². The zero-order valence-electron chi connectivity index (χ0n) is 7.50. The van der Waals surface area contributed by atoms with Crippen molar-refractivity contribution in [3.05, 3.63) is 34.3 Å². The normalized spacial score (nSPS) is 9.00. The van der Waals surface area contributed by atoms with Gasteiger partial charge in [0.1, 0.15) is 0 Å². The minimum absolute atomic E-state index is 0. The van der Waals surface area contributed by atoms with Crippen molar-refractivity contribution >= 4 is 34.2 Å². The maximum atomic E-state index is 10.8. The molecule has 5 heteroatoms. The molecule has 3 nitrogen and oxygen atoms in total. The Morgan fingerprint density at radius 1 is 1.36 bits per heavy atom. The van der Waals surface area contributed by atoms with Crippen LogP contribution in [-0.2, 0) is 11.3 Å². The van der Waals surface area contributed by atoms with Crippen LogP contribution in [0.15, 0.2) is 28.7 Å². The number of nitrogens with two attached hydrogens (primary N) is 1. The predicted octanol–water partition coefficient (Wildman–Crippen LogP) is 1.45. The summed E-state index contributed by atoms with van der Waals surface area (Å²) in [7, 11) is 0. The first-order chi connectivity index (χ1) is 6.22. The van der Waals surface area contributed by atoms with E-state index in [4.69, 9.17) is 5.73 Å². The van der Waals surface area contributed by atoms with E-state index >= 15 is 0 Å². The molecule has 3 N–H and O–H groups in total. The Hall–Kier alpha value is -0.580. The Morgan fingerprint density at radius 3 is 2.43 bits per heavy atom. The Balaban J connectivity index is 0.00000169. The summed E-state index contributed by atoms with van der Waals surface area (Å²) in [6, 6.07) is 7.76. The van der Waals surface area contributed by atoms with E-state index in [9.17, 15) is 4.79 Å². The fraction of sp³-hybridized carbons (Fsp3) is 0.222. The van der Waals surface area contributed by atoms with Crippen molar-refractivity contribution in [3.63, 3.8) is 0 Å². The Bertz CT molecular complexity index is 289. The van der Waals surface area contributed by atoms with Gasteiger partial charge in [0.05, 0.1) is 6.54 Å². The van der Waals surface area contributed by atoms with Crippen LogP contribution in [-0.4, -0.2) is 12.5 Å². The van der Waals surface area contributed by atoms with Gasteiger partial charge in [-0.15, -0.1) is 12.4 Å². The number of carbonyl (C=O) groups is 1. The summed E-state index contributed by atoms with van der Waals surface area (Å²) in [6.45, 7) is 0.569. The lowest BCUT2D eigenvalue weighted by Gasteiger charge is -2.03. The third-order valence-corrected chi connectivity index (χ3v) is 2.12. The standard InChI is InChI=1S/C9H11BrN2O.ClH/c10-8-3-1-7(2-4-8)6-12-9(13)5-11;/h1-4H,5-6,11H2,(H,12,13);1H. The van der Waals surface area contributed by atoms with Gasteiger partial charge in [-0.2, -0.15) is 0 Å². The second-order valence-corrected chi connectivity index (χ2v) is 3.52. The highest BCUT2D eigenvalue weighted by Crippen LogP contribution is 2.09. The average Bonchev–Trinajstić information content (AvgIpc) is 2.16. The molecular weight excluding hydrogens is 267 g/mol. The van der Waals surface area contributed by atoms with Crippen molar-refractivity contribution in [2.45, 2.75) is 6.54 Å². The molecule has 0 fully saturated rings. The van der Waals surface area contributed by atoms with Crippen molar-refractivity contribution in [1.29, 1.82) is 0 Å². The number of nitrogens with one attached hydrogen (secondary N) is 1. The summed E-state index contributed by atoms with van der Waals surface area (Å²) in [5.74, 6) is -0.136. The second-order valence-electron chi connectivity index (χ2n) is 2.61. The van der Waals surface area contributed by atoms with Crippen LogP contribution in [0.2, 0.25) is 0 Å². The van der Waals surface area contributed by atoms with Crippen LogP contribution in [0.1, 0.15) is 5.56 Å². The fourth-order valence-electron chi connectivity index (χ4n) is 0.875. The van der Waals surface area contributed by atoms with E-state index < -0.39 is 0 Å². The first-order valence-corrected chi connectivity index (χ1v) is 4.73. The summed E-state index contributed by atoms with van der Waals surface area (Å²) < 4.78 is 1.03. The van der Waals surface area contributed by atoms with Crippen LogP contribution >= 0.6 is 28.3 Å². The molecule has 0 spiro atoms. The van der Waals surface area contributed by atoms with Gasteiger partial charge in [0.15, 0.2) is 0 Å². The minimum Gasteiger partial charge on any atom is -0.351 e. The van der Waals surface area contributed by atoms with Crippen molar-refractivity contribution in [2.75, 3.05) is 6.54 Å². The molecule has 1 rings (SSSR count). The molecule has 0 saturated carbocycles. The molecular formula is C9H12BrClN2O. The van der Waals surface area contributed by atoms with Gasteiger partial charge in [0.25, 0.3) is 0 Å². The monoisotopic (exact) mass is 278 g/mol. The number of hydrogen-bond acceptors (Lipinski definition) is 2. The Kier molecular flexibility index (Phi) is 6.53. The van der Waals surface area contributed by atoms with Crippen molar-refractivity contribution in [3.8, 4) is 0 Å². The quantitative estimate of drug-likeness (QED) is 0.880. The molecule has 0 bridgehead atoms. The second kappa shape index (κ2) is 6.81. The lowest BCUT2D eigenvalue weighted by molar-refractivity contribution is -0.119. The maximum Gasteiger partial charge on any atom is 0.234 e. The number of rotatable bonds is 3. The highest BCUT2D eigenvalue weighted by atomic mass is 79.9. The first-order valence-electron chi connectivity index (χ1n) is 3.93. The number of halogens is 2. The number of hydrogen-bond donors (Lipinski definition) is 2. The van der Waals surface area contributed by atoms with Gasteiger partial charge in [-0.25, -0.2) is 0 Å². The summed E-state index contributed by atoms with van der Waals surface area (Å²) in [5.41, 5.74) is 6.20. The third-order valence-electron chi connectivity index (χ3n) is 1.59. The van der Waals surface area contributed by atoms with E-state index in [2.05, 4.69) is 21.2 Å². The lowest BCUT2D eigenvalue weighted by Crippen LogP contribution is -2.29. The summed E-state index contributed by atoms with van der Waals surface area (Å²) in [6.07, 6.45) is 0. The maximum absolute atomic E-state index is 10.8. The molecule has 14 heavy (non-hydrogen) atoms. The molecule has 0 saturated heterocycles. The number of amides is 1. The summed E-state index contributed by atoms with van der Waals surface area (Å²) in [4.78, 5) is 10.8. The number of carbonyl (C=O) groups excluding carboxylic acids is 1. The fourth-order valence-corrected chi connectivity index (χ4v) is 1.14. The summed E-state index contributed by atoms with van der Waals surface area (Å²) in [5, 5.41) is 2.69. The van der Waals surface area contributed by atoms with Gasteiger partial charge < -0.3 is 11.1 Å². The molecule has 0 aliphatic heterocycles. The minimum atomic E-state index is -0.136. The average molecular weight is 280 g/mol. The third kappa shape index (κ3) is 4.60. The van der Waals surface area contributed by atoms with Gasteiger partial charge in [0.2, 0.25) is 5.91 Å². The zero-order chi connectivity index (χ0) is 9.68. The van der Waals surface area contributed by atoms with Crippen LogP contribution in [0, 0.1) is 0 Å². The van der Waals surface area contributed by atoms with E-state index in [1.54, 1.807) is 0 Å². The molecule has 1 aromatic rings. The van der Waals surface area contributed by atoms with E-state index in [1.807, 2.05) is 24.3 Å². The van der Waals surface area contributed by atoms with Gasteiger partial charge in [-0.05, 0) is 17.7 Å². The lowest BCUT2D eigenvalue weighted by atomic mass is 10.2.